The topological polar surface area (TPSA) is 21.3 Å². The zero-order chi connectivity index (χ0) is 11.9. The summed E-state index contributed by atoms with van der Waals surface area (Å²) >= 11 is 0. The van der Waals surface area contributed by atoms with E-state index < -0.39 is 0 Å². The molecule has 1 unspecified atom stereocenters. The molecule has 1 aliphatic heterocycles. The van der Waals surface area contributed by atoms with Gasteiger partial charge in [0.1, 0.15) is 5.75 Å². The molecule has 1 heterocycles. The molecule has 1 N–H and O–H groups in total. The molecule has 2 nitrogen and oxygen atoms in total. The Kier molecular flexibility index (Phi) is 2.62. The third kappa shape index (κ3) is 1.95. The Bertz CT molecular complexity index is 417. The quantitative estimate of drug-likeness (QED) is 0.862. The summed E-state index contributed by atoms with van der Waals surface area (Å²) in [7, 11) is 1.79. The van der Waals surface area contributed by atoms with Crippen LogP contribution in [0.2, 0.25) is 0 Å². The van der Waals surface area contributed by atoms with E-state index in [0.29, 0.717) is 0 Å². The monoisotopic (exact) mass is 231 g/mol. The number of methoxy groups -OCH3 is 1. The standard InChI is InChI=1S/C15H21NO/c1-15(8-3-9-16-15)12-6-7-13(11-4-5-11)14(10-12)17-2/h6-7,10-11,16H,3-5,8-9H2,1-2H3. The fourth-order valence-corrected chi connectivity index (χ4v) is 2.93. The van der Waals surface area contributed by atoms with Gasteiger partial charge in [0.25, 0.3) is 0 Å². The Balaban J connectivity index is 1.95. The molecule has 2 aliphatic rings. The van der Waals surface area contributed by atoms with Gasteiger partial charge in [0.05, 0.1) is 7.11 Å². The molecule has 2 fully saturated rings. The van der Waals surface area contributed by atoms with E-state index in [-0.39, 0.29) is 5.54 Å². The summed E-state index contributed by atoms with van der Waals surface area (Å²) in [5, 5.41) is 3.61. The van der Waals surface area contributed by atoms with Gasteiger partial charge in [-0.15, -0.1) is 0 Å². The Morgan fingerprint density at radius 3 is 2.76 bits per heavy atom. The average molecular weight is 231 g/mol. The van der Waals surface area contributed by atoms with E-state index in [4.69, 9.17) is 4.74 Å². The predicted octanol–water partition coefficient (Wildman–Crippen LogP) is 3.17. The van der Waals surface area contributed by atoms with E-state index in [1.165, 1.54) is 36.8 Å². The van der Waals surface area contributed by atoms with Crippen molar-refractivity contribution >= 4 is 0 Å². The SMILES string of the molecule is COc1cc(C2(C)CCCN2)ccc1C1CC1. The highest BCUT2D eigenvalue weighted by atomic mass is 16.5. The van der Waals surface area contributed by atoms with Gasteiger partial charge in [-0.2, -0.15) is 0 Å². The van der Waals surface area contributed by atoms with Gasteiger partial charge in [0.15, 0.2) is 0 Å². The molecule has 0 spiro atoms. The van der Waals surface area contributed by atoms with Gasteiger partial charge in [-0.25, -0.2) is 0 Å². The summed E-state index contributed by atoms with van der Waals surface area (Å²) in [5.74, 6) is 1.84. The zero-order valence-electron chi connectivity index (χ0n) is 10.8. The maximum atomic E-state index is 5.56. The Morgan fingerprint density at radius 2 is 2.18 bits per heavy atom. The van der Waals surface area contributed by atoms with Crippen LogP contribution >= 0.6 is 0 Å². The highest BCUT2D eigenvalue weighted by molar-refractivity contribution is 5.44. The molecule has 17 heavy (non-hydrogen) atoms. The predicted molar refractivity (Wildman–Crippen MR) is 69.6 cm³/mol. The zero-order valence-corrected chi connectivity index (χ0v) is 10.8. The first-order valence-corrected chi connectivity index (χ1v) is 6.66. The molecule has 0 aromatic heterocycles. The van der Waals surface area contributed by atoms with Crippen LogP contribution in [0.4, 0.5) is 0 Å². The number of benzene rings is 1. The van der Waals surface area contributed by atoms with Gasteiger partial charge < -0.3 is 10.1 Å². The highest BCUT2D eigenvalue weighted by Crippen LogP contribution is 2.45. The lowest BCUT2D eigenvalue weighted by molar-refractivity contribution is 0.400. The van der Waals surface area contributed by atoms with Crippen LogP contribution in [0, 0.1) is 0 Å². The van der Waals surface area contributed by atoms with Gasteiger partial charge in [-0.1, -0.05) is 12.1 Å². The number of hydrogen-bond donors (Lipinski definition) is 1. The first kappa shape index (κ1) is 11.1. The second kappa shape index (κ2) is 4.02. The Morgan fingerprint density at radius 1 is 1.35 bits per heavy atom. The summed E-state index contributed by atoms with van der Waals surface area (Å²) in [6.45, 7) is 3.43. The maximum Gasteiger partial charge on any atom is 0.122 e. The Labute approximate surface area is 103 Å². The maximum absolute atomic E-state index is 5.56. The lowest BCUT2D eigenvalue weighted by Gasteiger charge is -2.26. The minimum Gasteiger partial charge on any atom is -0.496 e. The van der Waals surface area contributed by atoms with Gasteiger partial charge in [-0.05, 0) is 62.3 Å². The number of rotatable bonds is 3. The van der Waals surface area contributed by atoms with E-state index in [0.717, 1.165) is 18.2 Å². The van der Waals surface area contributed by atoms with Crippen molar-refractivity contribution in [2.45, 2.75) is 44.1 Å². The summed E-state index contributed by atoms with van der Waals surface area (Å²) in [6.07, 6.45) is 5.14. The van der Waals surface area contributed by atoms with Gasteiger partial charge >= 0.3 is 0 Å². The second-order valence-electron chi connectivity index (χ2n) is 5.59. The highest BCUT2D eigenvalue weighted by Gasteiger charge is 2.32. The van der Waals surface area contributed by atoms with Crippen LogP contribution in [0.3, 0.4) is 0 Å². The molecule has 0 radical (unpaired) electrons. The van der Waals surface area contributed by atoms with Crippen LogP contribution in [0.25, 0.3) is 0 Å². The largest absolute Gasteiger partial charge is 0.496 e. The first-order chi connectivity index (χ1) is 8.23. The molecule has 1 aromatic rings. The second-order valence-corrected chi connectivity index (χ2v) is 5.59. The summed E-state index contributed by atoms with van der Waals surface area (Å²) in [4.78, 5) is 0. The van der Waals surface area contributed by atoms with Crippen LogP contribution in [0.5, 0.6) is 5.75 Å². The van der Waals surface area contributed by atoms with Crippen LogP contribution < -0.4 is 10.1 Å². The summed E-state index contributed by atoms with van der Waals surface area (Å²) < 4.78 is 5.56. The number of nitrogens with one attached hydrogen (secondary N) is 1. The third-order valence-corrected chi connectivity index (χ3v) is 4.26. The molecule has 3 rings (SSSR count). The molecule has 92 valence electrons. The molecule has 2 heteroatoms. The van der Waals surface area contributed by atoms with Crippen molar-refractivity contribution in [1.82, 2.24) is 5.32 Å². The fourth-order valence-electron chi connectivity index (χ4n) is 2.93. The number of hydrogen-bond acceptors (Lipinski definition) is 2. The molecular weight excluding hydrogens is 210 g/mol. The minimum absolute atomic E-state index is 0.148. The fraction of sp³-hybridized carbons (Fsp3) is 0.600. The Hall–Kier alpha value is -1.02. The van der Waals surface area contributed by atoms with Crippen molar-refractivity contribution in [3.8, 4) is 5.75 Å². The lowest BCUT2D eigenvalue weighted by Crippen LogP contribution is -2.33. The lowest BCUT2D eigenvalue weighted by atomic mass is 9.89. The van der Waals surface area contributed by atoms with Crippen molar-refractivity contribution in [2.75, 3.05) is 13.7 Å². The minimum atomic E-state index is 0.148. The van der Waals surface area contributed by atoms with Crippen molar-refractivity contribution in [3.05, 3.63) is 29.3 Å². The number of ether oxygens (including phenoxy) is 1. The van der Waals surface area contributed by atoms with E-state index >= 15 is 0 Å². The van der Waals surface area contributed by atoms with Crippen LogP contribution in [0.15, 0.2) is 18.2 Å². The molecule has 1 saturated carbocycles. The smallest absolute Gasteiger partial charge is 0.122 e. The molecular formula is C15H21NO. The first-order valence-electron chi connectivity index (χ1n) is 6.66. The van der Waals surface area contributed by atoms with Gasteiger partial charge in [0, 0.05) is 5.54 Å². The summed E-state index contributed by atoms with van der Waals surface area (Å²) in [6, 6.07) is 6.80. The van der Waals surface area contributed by atoms with Gasteiger partial charge in [0.2, 0.25) is 0 Å². The molecule has 1 aromatic carbocycles. The van der Waals surface area contributed by atoms with E-state index in [9.17, 15) is 0 Å². The molecule has 0 bridgehead atoms. The third-order valence-electron chi connectivity index (χ3n) is 4.26. The van der Waals surface area contributed by atoms with Crippen molar-refractivity contribution in [1.29, 1.82) is 0 Å². The van der Waals surface area contributed by atoms with Crippen LogP contribution in [-0.2, 0) is 5.54 Å². The van der Waals surface area contributed by atoms with E-state index in [2.05, 4.69) is 30.4 Å². The normalized spacial score (nSPS) is 28.4. The van der Waals surface area contributed by atoms with Crippen molar-refractivity contribution in [3.63, 3.8) is 0 Å². The summed E-state index contributed by atoms with van der Waals surface area (Å²) in [5.41, 5.74) is 2.92. The molecule has 1 atom stereocenters. The molecule has 1 saturated heterocycles. The molecule has 0 amide bonds. The molecule has 1 aliphatic carbocycles. The van der Waals surface area contributed by atoms with E-state index in [1.807, 2.05) is 0 Å². The van der Waals surface area contributed by atoms with Crippen LogP contribution in [0.1, 0.15) is 49.7 Å². The van der Waals surface area contributed by atoms with Crippen molar-refractivity contribution in [2.24, 2.45) is 0 Å². The van der Waals surface area contributed by atoms with E-state index in [1.54, 1.807) is 7.11 Å². The van der Waals surface area contributed by atoms with Crippen LogP contribution in [-0.4, -0.2) is 13.7 Å². The van der Waals surface area contributed by atoms with Gasteiger partial charge in [-0.3, -0.25) is 0 Å². The van der Waals surface area contributed by atoms with Crippen molar-refractivity contribution < 1.29 is 4.74 Å². The average Bonchev–Trinajstić information content (AvgIpc) is 3.11.